The molecule has 2 N–H and O–H groups in total. The summed E-state index contributed by atoms with van der Waals surface area (Å²) in [6.45, 7) is 4.96. The van der Waals surface area contributed by atoms with E-state index in [2.05, 4.69) is 11.8 Å². The smallest absolute Gasteiger partial charge is 0.340 e. The molecule has 0 bridgehead atoms. The fraction of sp³-hybridized carbons (Fsp3) is 0.235. The zero-order valence-electron chi connectivity index (χ0n) is 12.4. The third-order valence-electron chi connectivity index (χ3n) is 3.23. The van der Waals surface area contributed by atoms with Crippen LogP contribution in [0.3, 0.4) is 0 Å². The molecule has 4 nitrogen and oxygen atoms in total. The summed E-state index contributed by atoms with van der Waals surface area (Å²) in [5.41, 5.74) is 8.71. The summed E-state index contributed by atoms with van der Waals surface area (Å²) in [5.74, 6) is -0.388. The predicted molar refractivity (Wildman–Crippen MR) is 85.9 cm³/mol. The largest absolute Gasteiger partial charge is 0.462 e. The number of nitrogens with two attached hydrogens (primary N) is 1. The Labute approximate surface area is 125 Å². The van der Waals surface area contributed by atoms with Crippen molar-refractivity contribution in [3.05, 3.63) is 54.1 Å². The van der Waals surface area contributed by atoms with Crippen molar-refractivity contribution >= 4 is 23.0 Å². The van der Waals surface area contributed by atoms with Gasteiger partial charge in [0.2, 0.25) is 0 Å². The summed E-state index contributed by atoms with van der Waals surface area (Å²) < 4.78 is 5.05. The van der Waals surface area contributed by atoms with Crippen LogP contribution in [-0.4, -0.2) is 19.1 Å². The Balaban J connectivity index is 2.39. The molecule has 2 aromatic rings. The molecule has 0 fully saturated rings. The Bertz CT molecular complexity index is 611. The molecule has 0 aromatic heterocycles. The highest BCUT2D eigenvalue weighted by Crippen LogP contribution is 2.28. The Morgan fingerprint density at radius 2 is 1.81 bits per heavy atom. The number of ether oxygens (including phenoxy) is 1. The van der Waals surface area contributed by atoms with E-state index in [1.54, 1.807) is 19.1 Å². The average molecular weight is 284 g/mol. The highest BCUT2D eigenvalue weighted by Gasteiger charge is 2.14. The van der Waals surface area contributed by atoms with Gasteiger partial charge in [-0.3, -0.25) is 0 Å². The van der Waals surface area contributed by atoms with Gasteiger partial charge in [0.15, 0.2) is 0 Å². The minimum absolute atomic E-state index is 0.332. The molecule has 0 amide bonds. The molecule has 0 heterocycles. The molecule has 21 heavy (non-hydrogen) atoms. The number of anilines is 3. The van der Waals surface area contributed by atoms with Gasteiger partial charge in [0.1, 0.15) is 0 Å². The number of nitrogen functional groups attached to an aromatic ring is 1. The Hall–Kier alpha value is -2.49. The van der Waals surface area contributed by atoms with Gasteiger partial charge < -0.3 is 15.4 Å². The van der Waals surface area contributed by atoms with Gasteiger partial charge in [0.05, 0.1) is 12.2 Å². The zero-order valence-corrected chi connectivity index (χ0v) is 12.4. The summed E-state index contributed by atoms with van der Waals surface area (Å²) in [4.78, 5) is 14.1. The van der Waals surface area contributed by atoms with Crippen LogP contribution in [-0.2, 0) is 4.74 Å². The zero-order chi connectivity index (χ0) is 15.2. The van der Waals surface area contributed by atoms with Crippen LogP contribution in [0.4, 0.5) is 17.1 Å². The maximum Gasteiger partial charge on any atom is 0.340 e. The molecule has 0 saturated heterocycles. The summed E-state index contributed by atoms with van der Waals surface area (Å²) in [5, 5.41) is 0. The van der Waals surface area contributed by atoms with Crippen LogP contribution in [0.25, 0.3) is 0 Å². The lowest BCUT2D eigenvalue weighted by Crippen LogP contribution is -2.17. The van der Waals surface area contributed by atoms with E-state index in [1.807, 2.05) is 36.4 Å². The molecule has 110 valence electrons. The van der Waals surface area contributed by atoms with Crippen molar-refractivity contribution in [2.75, 3.05) is 23.8 Å². The number of carbonyl (C=O) groups excluding carboxylic acids is 1. The molecule has 0 aliphatic heterocycles. The minimum atomic E-state index is -0.388. The van der Waals surface area contributed by atoms with Crippen LogP contribution in [0.15, 0.2) is 48.5 Å². The van der Waals surface area contributed by atoms with E-state index in [0.717, 1.165) is 17.9 Å². The Kier molecular flexibility index (Phi) is 4.82. The molecular weight excluding hydrogens is 264 g/mol. The molecule has 0 radical (unpaired) electrons. The van der Waals surface area contributed by atoms with E-state index < -0.39 is 0 Å². The number of esters is 1. The van der Waals surface area contributed by atoms with E-state index in [4.69, 9.17) is 10.5 Å². The highest BCUT2D eigenvalue weighted by atomic mass is 16.5. The molecule has 0 atom stereocenters. The second kappa shape index (κ2) is 6.79. The van der Waals surface area contributed by atoms with E-state index in [1.165, 1.54) is 0 Å². The summed E-state index contributed by atoms with van der Waals surface area (Å²) >= 11 is 0. The first kappa shape index (κ1) is 14.9. The van der Waals surface area contributed by atoms with Crippen LogP contribution < -0.4 is 10.6 Å². The number of nitrogens with zero attached hydrogens (tertiary/aromatic N) is 1. The van der Waals surface area contributed by atoms with Crippen molar-refractivity contribution in [2.24, 2.45) is 0 Å². The van der Waals surface area contributed by atoms with Gasteiger partial charge in [-0.25, -0.2) is 4.79 Å². The third kappa shape index (κ3) is 3.34. The van der Waals surface area contributed by atoms with Crippen molar-refractivity contribution in [1.82, 2.24) is 0 Å². The summed E-state index contributed by atoms with van der Waals surface area (Å²) in [7, 11) is 0. The van der Waals surface area contributed by atoms with Gasteiger partial charge >= 0.3 is 5.97 Å². The molecule has 0 spiro atoms. The summed E-state index contributed by atoms with van der Waals surface area (Å²) in [6, 6.07) is 15.5. The van der Waals surface area contributed by atoms with Crippen LogP contribution in [0.5, 0.6) is 0 Å². The standard InChI is InChI=1S/C17H20N2O2/c1-3-19(13-8-6-5-7-9-13)14-10-11-16(18)15(12-14)17(20)21-4-2/h5-12H,3-4,18H2,1-2H3. The topological polar surface area (TPSA) is 55.6 Å². The lowest BCUT2D eigenvalue weighted by molar-refractivity contribution is 0.0527. The van der Waals surface area contributed by atoms with Gasteiger partial charge in [-0.15, -0.1) is 0 Å². The quantitative estimate of drug-likeness (QED) is 0.673. The van der Waals surface area contributed by atoms with Gasteiger partial charge in [-0.05, 0) is 44.2 Å². The maximum atomic E-state index is 11.9. The van der Waals surface area contributed by atoms with E-state index in [-0.39, 0.29) is 5.97 Å². The number of rotatable bonds is 5. The number of para-hydroxylation sites is 1. The van der Waals surface area contributed by atoms with Crippen LogP contribution in [0, 0.1) is 0 Å². The van der Waals surface area contributed by atoms with Crippen LogP contribution in [0.1, 0.15) is 24.2 Å². The lowest BCUT2D eigenvalue weighted by Gasteiger charge is -2.24. The van der Waals surface area contributed by atoms with Crippen molar-refractivity contribution in [2.45, 2.75) is 13.8 Å². The first-order chi connectivity index (χ1) is 10.2. The van der Waals surface area contributed by atoms with Gasteiger partial charge in [0.25, 0.3) is 0 Å². The van der Waals surface area contributed by atoms with Crippen molar-refractivity contribution in [1.29, 1.82) is 0 Å². The third-order valence-corrected chi connectivity index (χ3v) is 3.23. The second-order valence-electron chi connectivity index (χ2n) is 4.57. The van der Waals surface area contributed by atoms with Gasteiger partial charge in [-0.1, -0.05) is 18.2 Å². The molecule has 0 aliphatic rings. The number of hydrogen-bond donors (Lipinski definition) is 1. The van der Waals surface area contributed by atoms with E-state index >= 15 is 0 Å². The maximum absolute atomic E-state index is 11.9. The van der Waals surface area contributed by atoms with Crippen LogP contribution >= 0.6 is 0 Å². The first-order valence-electron chi connectivity index (χ1n) is 7.06. The lowest BCUT2D eigenvalue weighted by atomic mass is 10.1. The SMILES string of the molecule is CCOC(=O)c1cc(N(CC)c2ccccc2)ccc1N. The minimum Gasteiger partial charge on any atom is -0.462 e. The average Bonchev–Trinajstić information content (AvgIpc) is 2.51. The normalized spacial score (nSPS) is 10.2. The van der Waals surface area contributed by atoms with Crippen LogP contribution in [0.2, 0.25) is 0 Å². The van der Waals surface area contributed by atoms with E-state index in [0.29, 0.717) is 17.9 Å². The molecular formula is C17H20N2O2. The highest BCUT2D eigenvalue weighted by molar-refractivity contribution is 5.96. The van der Waals surface area contributed by atoms with E-state index in [9.17, 15) is 4.79 Å². The molecule has 0 aliphatic carbocycles. The first-order valence-corrected chi connectivity index (χ1v) is 7.06. The summed E-state index contributed by atoms with van der Waals surface area (Å²) in [6.07, 6.45) is 0. The van der Waals surface area contributed by atoms with Crippen molar-refractivity contribution < 1.29 is 9.53 Å². The molecule has 4 heteroatoms. The van der Waals surface area contributed by atoms with Gasteiger partial charge in [-0.2, -0.15) is 0 Å². The monoisotopic (exact) mass is 284 g/mol. The Morgan fingerprint density at radius 1 is 1.10 bits per heavy atom. The fourth-order valence-corrected chi connectivity index (χ4v) is 2.22. The predicted octanol–water partition coefficient (Wildman–Crippen LogP) is 3.60. The number of carbonyl (C=O) groups is 1. The number of benzene rings is 2. The van der Waals surface area contributed by atoms with Gasteiger partial charge in [0, 0.05) is 23.6 Å². The fourth-order valence-electron chi connectivity index (χ4n) is 2.22. The van der Waals surface area contributed by atoms with Crippen molar-refractivity contribution in [3.63, 3.8) is 0 Å². The molecule has 2 aromatic carbocycles. The molecule has 0 saturated carbocycles. The number of hydrogen-bond acceptors (Lipinski definition) is 4. The molecule has 2 rings (SSSR count). The van der Waals surface area contributed by atoms with Crippen molar-refractivity contribution in [3.8, 4) is 0 Å². The Morgan fingerprint density at radius 3 is 2.43 bits per heavy atom. The second-order valence-corrected chi connectivity index (χ2v) is 4.57. The molecule has 0 unspecified atom stereocenters.